The molecule has 0 heterocycles. The van der Waals surface area contributed by atoms with Crippen LogP contribution in [0.15, 0.2) is 0 Å². The van der Waals surface area contributed by atoms with Gasteiger partial charge in [-0.2, -0.15) is 0 Å². The summed E-state index contributed by atoms with van der Waals surface area (Å²) >= 11 is 0. The lowest BCUT2D eigenvalue weighted by Gasteiger charge is -2.04. The second-order valence-electron chi connectivity index (χ2n) is 4.00. The highest BCUT2D eigenvalue weighted by atomic mass is 31.2. The molecule has 0 aliphatic carbocycles. The van der Waals surface area contributed by atoms with E-state index in [1.807, 2.05) is 0 Å². The maximum absolute atomic E-state index is 8.88. The zero-order valence-corrected chi connectivity index (χ0v) is 12.3. The lowest BCUT2D eigenvalue weighted by molar-refractivity contribution is 0.275. The van der Waals surface area contributed by atoms with Crippen molar-refractivity contribution in [2.75, 3.05) is 39.3 Å². The summed E-state index contributed by atoms with van der Waals surface area (Å²) in [7, 11) is -4.64. The quantitative estimate of drug-likeness (QED) is 0.184. The van der Waals surface area contributed by atoms with Gasteiger partial charge in [0.1, 0.15) is 0 Å². The first kappa shape index (κ1) is 21.3. The van der Waals surface area contributed by atoms with Crippen LogP contribution in [0.5, 0.6) is 0 Å². The average molecular weight is 300 g/mol. The van der Waals surface area contributed by atoms with Crippen molar-refractivity contribution in [2.24, 2.45) is 11.5 Å². The maximum Gasteiger partial charge on any atom is 0.466 e. The number of nitrogens with two attached hydrogens (primary N) is 2. The zero-order chi connectivity index (χ0) is 15.0. The summed E-state index contributed by atoms with van der Waals surface area (Å²) in [6.07, 6.45) is 4.63. The summed E-state index contributed by atoms with van der Waals surface area (Å²) in [6.45, 7) is 5.90. The van der Waals surface area contributed by atoms with E-state index < -0.39 is 7.82 Å². The fourth-order valence-corrected chi connectivity index (χ4v) is 1.20. The van der Waals surface area contributed by atoms with E-state index in [0.29, 0.717) is 0 Å². The second-order valence-corrected chi connectivity index (χ2v) is 5.03. The lowest BCUT2D eigenvalue weighted by Crippen LogP contribution is -2.22. The molecule has 0 bridgehead atoms. The van der Waals surface area contributed by atoms with Gasteiger partial charge in [0.25, 0.3) is 0 Å². The van der Waals surface area contributed by atoms with Gasteiger partial charge in [0, 0.05) is 0 Å². The molecule has 0 radical (unpaired) electrons. The van der Waals surface area contributed by atoms with Crippen LogP contribution in [-0.2, 0) is 4.57 Å². The molecule has 0 aliphatic heterocycles. The van der Waals surface area contributed by atoms with E-state index in [9.17, 15) is 0 Å². The Balaban J connectivity index is 0. The van der Waals surface area contributed by atoms with Crippen molar-refractivity contribution in [3.63, 3.8) is 0 Å². The van der Waals surface area contributed by atoms with Gasteiger partial charge in [0.05, 0.1) is 0 Å². The highest BCUT2D eigenvalue weighted by Crippen LogP contribution is 2.25. The number of phosphoric acid groups is 1. The highest BCUT2D eigenvalue weighted by molar-refractivity contribution is 7.45. The molecule has 0 aromatic heterocycles. The average Bonchev–Trinajstić information content (AvgIpc) is 2.29. The largest absolute Gasteiger partial charge is 0.466 e. The van der Waals surface area contributed by atoms with Crippen LogP contribution in [0, 0.1) is 0 Å². The van der Waals surface area contributed by atoms with Crippen LogP contribution in [0.2, 0.25) is 0 Å². The standard InChI is InChI=1S/C10H26N4.H3O4P/c11-5-3-9-13-7-1-2-8-14-10-4-6-12;1-5(2,3)4/h13-14H,1-12H2;(H3,1,2,3,4). The molecule has 0 aromatic rings. The van der Waals surface area contributed by atoms with Gasteiger partial charge in [0.2, 0.25) is 0 Å². The van der Waals surface area contributed by atoms with Crippen LogP contribution in [0.25, 0.3) is 0 Å². The molecule has 0 saturated carbocycles. The summed E-state index contributed by atoms with van der Waals surface area (Å²) in [5.74, 6) is 0. The minimum absolute atomic E-state index is 0.785. The van der Waals surface area contributed by atoms with Crippen LogP contribution in [0.1, 0.15) is 25.7 Å². The third kappa shape index (κ3) is 38.1. The van der Waals surface area contributed by atoms with Gasteiger partial charge in [-0.1, -0.05) is 0 Å². The first-order chi connectivity index (χ1) is 8.91. The van der Waals surface area contributed by atoms with Crippen LogP contribution in [-0.4, -0.2) is 53.9 Å². The van der Waals surface area contributed by atoms with E-state index >= 15 is 0 Å². The zero-order valence-electron chi connectivity index (χ0n) is 11.4. The maximum atomic E-state index is 8.88. The molecule has 0 saturated heterocycles. The van der Waals surface area contributed by atoms with Gasteiger partial charge in [-0.05, 0) is 65.0 Å². The van der Waals surface area contributed by atoms with E-state index in [-0.39, 0.29) is 0 Å². The monoisotopic (exact) mass is 300 g/mol. The normalized spacial score (nSPS) is 11.0. The van der Waals surface area contributed by atoms with E-state index in [1.165, 1.54) is 12.8 Å². The first-order valence-corrected chi connectivity index (χ1v) is 8.08. The number of hydrogen-bond acceptors (Lipinski definition) is 5. The molecule has 118 valence electrons. The van der Waals surface area contributed by atoms with Gasteiger partial charge in [0.15, 0.2) is 0 Å². The molecular weight excluding hydrogens is 271 g/mol. The van der Waals surface area contributed by atoms with Crippen molar-refractivity contribution in [3.8, 4) is 0 Å². The van der Waals surface area contributed by atoms with Crippen LogP contribution < -0.4 is 22.1 Å². The van der Waals surface area contributed by atoms with Crippen LogP contribution in [0.3, 0.4) is 0 Å². The number of rotatable bonds is 11. The molecule has 0 rings (SSSR count). The molecule has 19 heavy (non-hydrogen) atoms. The molecule has 9 heteroatoms. The summed E-state index contributed by atoms with van der Waals surface area (Å²) < 4.78 is 8.88. The number of unbranched alkanes of at least 4 members (excludes halogenated alkanes) is 1. The third-order valence-corrected chi connectivity index (χ3v) is 2.07. The van der Waals surface area contributed by atoms with E-state index in [2.05, 4.69) is 10.6 Å². The molecule has 0 aliphatic rings. The Hall–Kier alpha value is -0.0500. The predicted molar refractivity (Wildman–Crippen MR) is 76.6 cm³/mol. The van der Waals surface area contributed by atoms with Crippen molar-refractivity contribution in [2.45, 2.75) is 25.7 Å². The van der Waals surface area contributed by atoms with Crippen molar-refractivity contribution in [3.05, 3.63) is 0 Å². The van der Waals surface area contributed by atoms with Gasteiger partial charge < -0.3 is 36.8 Å². The summed E-state index contributed by atoms with van der Waals surface area (Å²) in [6, 6.07) is 0. The second kappa shape index (κ2) is 16.0. The molecular formula is C10H29N4O4P. The van der Waals surface area contributed by atoms with Crippen LogP contribution >= 0.6 is 7.82 Å². The Bertz CT molecular complexity index is 195. The van der Waals surface area contributed by atoms with Crippen LogP contribution in [0.4, 0.5) is 0 Å². The molecule has 0 unspecified atom stereocenters. The fourth-order valence-electron chi connectivity index (χ4n) is 1.20. The minimum Gasteiger partial charge on any atom is -0.330 e. The first-order valence-electron chi connectivity index (χ1n) is 6.51. The number of nitrogens with one attached hydrogen (secondary N) is 2. The minimum atomic E-state index is -4.64. The van der Waals surface area contributed by atoms with Crippen molar-refractivity contribution in [1.82, 2.24) is 10.6 Å². The van der Waals surface area contributed by atoms with Gasteiger partial charge in [-0.3, -0.25) is 0 Å². The smallest absolute Gasteiger partial charge is 0.330 e. The molecule has 9 N–H and O–H groups in total. The Morgan fingerprint density at radius 2 is 1.00 bits per heavy atom. The SMILES string of the molecule is NCCCNCCCCNCCCN.O=P(O)(O)O. The molecule has 0 atom stereocenters. The third-order valence-electron chi connectivity index (χ3n) is 2.07. The predicted octanol–water partition coefficient (Wildman–Crippen LogP) is -1.29. The molecule has 0 aromatic carbocycles. The van der Waals surface area contributed by atoms with Gasteiger partial charge in [-0.15, -0.1) is 0 Å². The molecule has 8 nitrogen and oxygen atoms in total. The van der Waals surface area contributed by atoms with E-state index in [1.54, 1.807) is 0 Å². The molecule has 0 fully saturated rings. The Kier molecular flexibility index (Phi) is 17.9. The number of hydrogen-bond donors (Lipinski definition) is 7. The summed E-state index contributed by atoms with van der Waals surface area (Å²) in [5, 5.41) is 6.72. The summed E-state index contributed by atoms with van der Waals surface area (Å²) in [4.78, 5) is 21.6. The lowest BCUT2D eigenvalue weighted by atomic mass is 10.3. The highest BCUT2D eigenvalue weighted by Gasteiger charge is 2.00. The fraction of sp³-hybridized carbons (Fsp3) is 1.00. The van der Waals surface area contributed by atoms with E-state index in [0.717, 1.165) is 52.1 Å². The molecule has 0 spiro atoms. The summed E-state index contributed by atoms with van der Waals surface area (Å²) in [5.41, 5.74) is 10.8. The van der Waals surface area contributed by atoms with E-state index in [4.69, 9.17) is 30.7 Å². The Labute approximate surface area is 115 Å². The van der Waals surface area contributed by atoms with Gasteiger partial charge >= 0.3 is 7.82 Å². The Morgan fingerprint density at radius 1 is 0.737 bits per heavy atom. The van der Waals surface area contributed by atoms with Crippen molar-refractivity contribution >= 4 is 7.82 Å². The van der Waals surface area contributed by atoms with Crippen molar-refractivity contribution < 1.29 is 19.2 Å². The topological polar surface area (TPSA) is 154 Å². The van der Waals surface area contributed by atoms with Gasteiger partial charge in [-0.25, -0.2) is 4.57 Å². The van der Waals surface area contributed by atoms with Crippen molar-refractivity contribution in [1.29, 1.82) is 0 Å². The molecule has 0 amide bonds. The Morgan fingerprint density at radius 3 is 1.26 bits per heavy atom.